The predicted molar refractivity (Wildman–Crippen MR) is 94.2 cm³/mol. The van der Waals surface area contributed by atoms with Crippen LogP contribution in [0.5, 0.6) is 0 Å². The van der Waals surface area contributed by atoms with Gasteiger partial charge in [-0.25, -0.2) is 0 Å². The van der Waals surface area contributed by atoms with E-state index in [0.29, 0.717) is 5.92 Å². The molecule has 0 radical (unpaired) electrons. The lowest BCUT2D eigenvalue weighted by atomic mass is 9.62. The summed E-state index contributed by atoms with van der Waals surface area (Å²) in [5, 5.41) is 0. The van der Waals surface area contributed by atoms with Gasteiger partial charge in [-0.15, -0.1) is 0 Å². The Morgan fingerprint density at radius 3 is 2.30 bits per heavy atom. The van der Waals surface area contributed by atoms with Crippen LogP contribution in [0.3, 0.4) is 0 Å². The molecule has 2 aliphatic rings. The Labute approximate surface area is 140 Å². The Kier molecular flexibility index (Phi) is 5.37. The normalized spacial score (nSPS) is 22.8. The first-order valence-corrected chi connectivity index (χ1v) is 9.31. The maximum atomic E-state index is 12.7. The molecule has 1 atom stereocenters. The molecule has 3 nitrogen and oxygen atoms in total. The number of benzene rings is 1. The Morgan fingerprint density at radius 1 is 1.04 bits per heavy atom. The minimum absolute atomic E-state index is 0.116. The topological polar surface area (TPSA) is 46.3 Å². The van der Waals surface area contributed by atoms with Gasteiger partial charge in [-0.2, -0.15) is 0 Å². The molecule has 1 aliphatic heterocycles. The molecule has 126 valence electrons. The van der Waals surface area contributed by atoms with Crippen molar-refractivity contribution < 1.29 is 4.79 Å². The minimum Gasteiger partial charge on any atom is -0.369 e. The molecule has 0 bridgehead atoms. The van der Waals surface area contributed by atoms with Crippen LogP contribution >= 0.6 is 0 Å². The van der Waals surface area contributed by atoms with Crippen molar-refractivity contribution in [3.05, 3.63) is 35.9 Å². The molecular weight excluding hydrogens is 284 g/mol. The highest BCUT2D eigenvalue weighted by molar-refractivity contribution is 5.87. The number of hydrogen-bond donors (Lipinski definition) is 1. The van der Waals surface area contributed by atoms with Gasteiger partial charge in [0.05, 0.1) is 5.41 Å². The molecule has 0 spiro atoms. The van der Waals surface area contributed by atoms with E-state index in [1.165, 1.54) is 45.2 Å². The summed E-state index contributed by atoms with van der Waals surface area (Å²) in [5.74, 6) is 0.286. The van der Waals surface area contributed by atoms with Crippen LogP contribution in [0.2, 0.25) is 0 Å². The molecule has 1 aromatic rings. The van der Waals surface area contributed by atoms with E-state index in [0.717, 1.165) is 31.4 Å². The van der Waals surface area contributed by atoms with E-state index >= 15 is 0 Å². The molecule has 1 saturated heterocycles. The monoisotopic (exact) mass is 314 g/mol. The number of primary amides is 1. The first-order valence-electron chi connectivity index (χ1n) is 9.31. The van der Waals surface area contributed by atoms with Gasteiger partial charge >= 0.3 is 0 Å². The fourth-order valence-electron chi connectivity index (χ4n) is 4.72. The zero-order valence-electron chi connectivity index (χ0n) is 14.2. The number of likely N-dealkylation sites (tertiary alicyclic amines) is 1. The van der Waals surface area contributed by atoms with Crippen molar-refractivity contribution in [2.45, 2.75) is 56.8 Å². The van der Waals surface area contributed by atoms with Gasteiger partial charge in [-0.05, 0) is 63.2 Å². The van der Waals surface area contributed by atoms with Gasteiger partial charge in [0.1, 0.15) is 0 Å². The molecule has 23 heavy (non-hydrogen) atoms. The second-order valence-corrected chi connectivity index (χ2v) is 7.34. The van der Waals surface area contributed by atoms with Crippen molar-refractivity contribution in [1.82, 2.24) is 4.90 Å². The maximum absolute atomic E-state index is 12.7. The van der Waals surface area contributed by atoms with Crippen molar-refractivity contribution in [2.75, 3.05) is 19.6 Å². The second kappa shape index (κ2) is 7.48. The summed E-state index contributed by atoms with van der Waals surface area (Å²) in [4.78, 5) is 15.2. The standard InChI is InChI=1S/C20H30N2O/c21-19(23)20(17-9-3-1-4-10-17,18-11-5-2-6-12-18)13-16-22-14-7-8-15-22/h1,3-4,9-10,18H,2,5-8,11-16H2,(H2,21,23). The van der Waals surface area contributed by atoms with Gasteiger partial charge in [0.25, 0.3) is 0 Å². The number of nitrogens with zero attached hydrogens (tertiary/aromatic N) is 1. The van der Waals surface area contributed by atoms with E-state index in [9.17, 15) is 4.79 Å². The van der Waals surface area contributed by atoms with E-state index in [4.69, 9.17) is 5.73 Å². The van der Waals surface area contributed by atoms with Crippen LogP contribution in [0.15, 0.2) is 30.3 Å². The van der Waals surface area contributed by atoms with E-state index < -0.39 is 5.41 Å². The molecule has 3 heteroatoms. The molecule has 2 N–H and O–H groups in total. The molecule has 1 unspecified atom stereocenters. The summed E-state index contributed by atoms with van der Waals surface area (Å²) in [6.07, 6.45) is 9.49. The number of nitrogens with two attached hydrogens (primary N) is 1. The van der Waals surface area contributed by atoms with Crippen LogP contribution in [-0.2, 0) is 10.2 Å². The average Bonchev–Trinajstić information content (AvgIpc) is 3.11. The summed E-state index contributed by atoms with van der Waals surface area (Å²) in [7, 11) is 0. The Hall–Kier alpha value is -1.35. The molecule has 2 fully saturated rings. The zero-order valence-corrected chi connectivity index (χ0v) is 14.2. The van der Waals surface area contributed by atoms with Crippen LogP contribution < -0.4 is 5.73 Å². The van der Waals surface area contributed by atoms with Crippen molar-refractivity contribution in [2.24, 2.45) is 11.7 Å². The minimum atomic E-state index is -0.482. The number of rotatable bonds is 6. The smallest absolute Gasteiger partial charge is 0.228 e. The number of carbonyl (C=O) groups is 1. The first kappa shape index (κ1) is 16.5. The Bertz CT molecular complexity index is 504. The van der Waals surface area contributed by atoms with Gasteiger partial charge in [0, 0.05) is 0 Å². The fraction of sp³-hybridized carbons (Fsp3) is 0.650. The van der Waals surface area contributed by atoms with Crippen molar-refractivity contribution in [3.63, 3.8) is 0 Å². The number of amides is 1. The van der Waals surface area contributed by atoms with Crippen LogP contribution in [-0.4, -0.2) is 30.4 Å². The third-order valence-electron chi connectivity index (χ3n) is 6.05. The van der Waals surface area contributed by atoms with E-state index in [1.54, 1.807) is 0 Å². The van der Waals surface area contributed by atoms with Crippen LogP contribution in [0.25, 0.3) is 0 Å². The summed E-state index contributed by atoms with van der Waals surface area (Å²) < 4.78 is 0. The highest BCUT2D eigenvalue weighted by Gasteiger charge is 2.45. The third-order valence-corrected chi connectivity index (χ3v) is 6.05. The van der Waals surface area contributed by atoms with Crippen LogP contribution in [0.1, 0.15) is 56.9 Å². The SMILES string of the molecule is NC(=O)C(CCN1CCCC1)(c1ccccc1)C1CCCCC1. The number of carbonyl (C=O) groups excluding carboxylic acids is 1. The molecule has 3 rings (SSSR count). The quantitative estimate of drug-likeness (QED) is 0.874. The molecule has 0 aromatic heterocycles. The van der Waals surface area contributed by atoms with Gasteiger partial charge in [0.2, 0.25) is 5.91 Å². The van der Waals surface area contributed by atoms with Gasteiger partial charge in [0.15, 0.2) is 0 Å². The average molecular weight is 314 g/mol. The second-order valence-electron chi connectivity index (χ2n) is 7.34. The lowest BCUT2D eigenvalue weighted by Gasteiger charge is -2.41. The fourth-order valence-corrected chi connectivity index (χ4v) is 4.72. The molecular formula is C20H30N2O. The first-order chi connectivity index (χ1) is 11.2. The molecule has 1 amide bonds. The lowest BCUT2D eigenvalue weighted by molar-refractivity contribution is -0.126. The van der Waals surface area contributed by atoms with Gasteiger partial charge < -0.3 is 10.6 Å². The van der Waals surface area contributed by atoms with E-state index in [1.807, 2.05) is 18.2 Å². The summed E-state index contributed by atoms with van der Waals surface area (Å²) in [6.45, 7) is 3.34. The highest BCUT2D eigenvalue weighted by atomic mass is 16.1. The van der Waals surface area contributed by atoms with Crippen molar-refractivity contribution in [3.8, 4) is 0 Å². The summed E-state index contributed by atoms with van der Waals surface area (Å²) in [5.41, 5.74) is 6.72. The zero-order chi connectivity index (χ0) is 16.1. The van der Waals surface area contributed by atoms with Crippen LogP contribution in [0.4, 0.5) is 0 Å². The summed E-state index contributed by atoms with van der Waals surface area (Å²) >= 11 is 0. The van der Waals surface area contributed by atoms with Crippen LogP contribution in [0, 0.1) is 5.92 Å². The van der Waals surface area contributed by atoms with Gasteiger partial charge in [-0.3, -0.25) is 4.79 Å². The predicted octanol–water partition coefficient (Wildman–Crippen LogP) is 3.48. The van der Waals surface area contributed by atoms with Crippen molar-refractivity contribution in [1.29, 1.82) is 0 Å². The maximum Gasteiger partial charge on any atom is 0.228 e. The van der Waals surface area contributed by atoms with Gasteiger partial charge in [-0.1, -0.05) is 49.6 Å². The largest absolute Gasteiger partial charge is 0.369 e. The molecule has 1 saturated carbocycles. The molecule has 1 aliphatic carbocycles. The highest BCUT2D eigenvalue weighted by Crippen LogP contribution is 2.43. The van der Waals surface area contributed by atoms with Crippen molar-refractivity contribution >= 4 is 5.91 Å². The Balaban J connectivity index is 1.89. The number of hydrogen-bond acceptors (Lipinski definition) is 2. The third kappa shape index (κ3) is 3.45. The van der Waals surface area contributed by atoms with E-state index in [2.05, 4.69) is 17.0 Å². The van der Waals surface area contributed by atoms with E-state index in [-0.39, 0.29) is 5.91 Å². The summed E-state index contributed by atoms with van der Waals surface area (Å²) in [6, 6.07) is 10.3. The molecule has 1 aromatic carbocycles. The lowest BCUT2D eigenvalue weighted by Crippen LogP contribution is -2.49. The molecule has 1 heterocycles. The Morgan fingerprint density at radius 2 is 1.70 bits per heavy atom.